The van der Waals surface area contributed by atoms with Crippen molar-refractivity contribution in [3.05, 3.63) is 23.8 Å². The van der Waals surface area contributed by atoms with Crippen LogP contribution in [0.4, 0.5) is 10.8 Å². The minimum absolute atomic E-state index is 0.169. The van der Waals surface area contributed by atoms with Crippen molar-refractivity contribution in [1.29, 1.82) is 0 Å². The first-order chi connectivity index (χ1) is 11.7. The summed E-state index contributed by atoms with van der Waals surface area (Å²) in [6.45, 7) is 7.66. The maximum Gasteiger partial charge on any atom is 0.410 e. The number of carbonyl (C=O) groups excluding carboxylic acids is 1. The standard InChI is InChI=1S/C17H21N3O5/c1-17(2,3)25-16(23)20-8-6-19(7-9-20)15-18-12-10-11(14(21)22)4-5-13(12)24-15/h4-5,10H,6-9H2,1-3H3,(H,21,22). The van der Waals surface area contributed by atoms with Gasteiger partial charge in [0.25, 0.3) is 6.01 Å². The second-order valence-corrected chi connectivity index (χ2v) is 6.94. The molecular formula is C17H21N3O5. The molecule has 3 rings (SSSR count). The molecule has 0 saturated carbocycles. The van der Waals surface area contributed by atoms with Gasteiger partial charge in [-0.15, -0.1) is 0 Å². The average Bonchev–Trinajstić information content (AvgIpc) is 2.96. The van der Waals surface area contributed by atoms with Gasteiger partial charge in [-0.2, -0.15) is 4.98 Å². The minimum atomic E-state index is -1.00. The lowest BCUT2D eigenvalue weighted by atomic mass is 10.2. The number of ether oxygens (including phenoxy) is 1. The van der Waals surface area contributed by atoms with Crippen molar-refractivity contribution in [2.24, 2.45) is 0 Å². The third-order valence-corrected chi connectivity index (χ3v) is 3.83. The smallest absolute Gasteiger partial charge is 0.410 e. The normalized spacial score (nSPS) is 15.5. The Labute approximate surface area is 145 Å². The lowest BCUT2D eigenvalue weighted by molar-refractivity contribution is 0.0238. The number of aromatic carboxylic acids is 1. The second kappa shape index (κ2) is 6.27. The molecule has 1 N–H and O–H groups in total. The van der Waals surface area contributed by atoms with Gasteiger partial charge in [-0.3, -0.25) is 0 Å². The highest BCUT2D eigenvalue weighted by atomic mass is 16.6. The van der Waals surface area contributed by atoms with Gasteiger partial charge in [0.15, 0.2) is 5.58 Å². The molecule has 0 bridgehead atoms. The van der Waals surface area contributed by atoms with E-state index in [0.29, 0.717) is 43.3 Å². The predicted molar refractivity (Wildman–Crippen MR) is 91.0 cm³/mol. The molecule has 0 radical (unpaired) electrons. The Morgan fingerprint density at radius 3 is 2.48 bits per heavy atom. The molecule has 0 aliphatic carbocycles. The number of oxazole rings is 1. The Morgan fingerprint density at radius 1 is 1.20 bits per heavy atom. The van der Waals surface area contributed by atoms with Crippen molar-refractivity contribution in [3.8, 4) is 0 Å². The Morgan fingerprint density at radius 2 is 1.88 bits per heavy atom. The van der Waals surface area contributed by atoms with Crippen LogP contribution in [0.1, 0.15) is 31.1 Å². The molecule has 0 atom stereocenters. The highest BCUT2D eigenvalue weighted by Gasteiger charge is 2.27. The van der Waals surface area contributed by atoms with E-state index in [2.05, 4.69) is 4.98 Å². The van der Waals surface area contributed by atoms with Gasteiger partial charge in [-0.05, 0) is 39.0 Å². The first-order valence-corrected chi connectivity index (χ1v) is 8.10. The minimum Gasteiger partial charge on any atom is -0.478 e. The van der Waals surface area contributed by atoms with Crippen LogP contribution >= 0.6 is 0 Å². The van der Waals surface area contributed by atoms with Gasteiger partial charge in [0.1, 0.15) is 11.1 Å². The highest BCUT2D eigenvalue weighted by Crippen LogP contribution is 2.24. The van der Waals surface area contributed by atoms with Crippen molar-refractivity contribution in [1.82, 2.24) is 9.88 Å². The Balaban J connectivity index is 1.67. The van der Waals surface area contributed by atoms with E-state index >= 15 is 0 Å². The van der Waals surface area contributed by atoms with Crippen molar-refractivity contribution >= 4 is 29.2 Å². The van der Waals surface area contributed by atoms with E-state index in [9.17, 15) is 9.59 Å². The van der Waals surface area contributed by atoms with Crippen LogP contribution in [0.25, 0.3) is 11.1 Å². The fourth-order valence-corrected chi connectivity index (χ4v) is 2.59. The highest BCUT2D eigenvalue weighted by molar-refractivity contribution is 5.92. The summed E-state index contributed by atoms with van der Waals surface area (Å²) in [5, 5.41) is 9.04. The third-order valence-electron chi connectivity index (χ3n) is 3.83. The number of piperazine rings is 1. The van der Waals surface area contributed by atoms with Crippen LogP contribution in [-0.4, -0.2) is 58.8 Å². The monoisotopic (exact) mass is 347 g/mol. The molecule has 1 amide bonds. The summed E-state index contributed by atoms with van der Waals surface area (Å²) in [4.78, 5) is 31.1. The van der Waals surface area contributed by atoms with E-state index in [0.717, 1.165) is 0 Å². The fourth-order valence-electron chi connectivity index (χ4n) is 2.59. The number of fused-ring (bicyclic) bond motifs is 1. The topological polar surface area (TPSA) is 96.1 Å². The number of anilines is 1. The summed E-state index contributed by atoms with van der Waals surface area (Å²) in [5.74, 6) is -1.00. The molecule has 2 aromatic rings. The van der Waals surface area contributed by atoms with Crippen molar-refractivity contribution in [2.45, 2.75) is 26.4 Å². The van der Waals surface area contributed by atoms with Gasteiger partial charge in [0, 0.05) is 26.2 Å². The molecule has 2 heterocycles. The number of carboxylic acids is 1. The number of aromatic nitrogens is 1. The molecule has 8 heteroatoms. The lowest BCUT2D eigenvalue weighted by Crippen LogP contribution is -2.50. The summed E-state index contributed by atoms with van der Waals surface area (Å²) in [6, 6.07) is 5.01. The molecule has 1 fully saturated rings. The SMILES string of the molecule is CC(C)(C)OC(=O)N1CCN(c2nc3cc(C(=O)O)ccc3o2)CC1. The zero-order valence-electron chi connectivity index (χ0n) is 14.5. The number of carboxylic acid groups (broad SMARTS) is 1. The number of rotatable bonds is 2. The second-order valence-electron chi connectivity index (χ2n) is 6.94. The Bertz CT molecular complexity index is 800. The molecule has 134 valence electrons. The molecule has 0 unspecified atom stereocenters. The Hall–Kier alpha value is -2.77. The molecule has 25 heavy (non-hydrogen) atoms. The molecule has 1 aromatic carbocycles. The quantitative estimate of drug-likeness (QED) is 0.892. The van der Waals surface area contributed by atoms with Crippen LogP contribution < -0.4 is 4.90 Å². The van der Waals surface area contributed by atoms with Crippen LogP contribution in [0.15, 0.2) is 22.6 Å². The number of amides is 1. The molecule has 1 aliphatic rings. The first kappa shape index (κ1) is 17.1. The molecule has 0 spiro atoms. The van der Waals surface area contributed by atoms with Gasteiger partial charge >= 0.3 is 12.1 Å². The molecule has 1 aliphatic heterocycles. The van der Waals surface area contributed by atoms with Crippen LogP contribution in [0.2, 0.25) is 0 Å². The van der Waals surface area contributed by atoms with E-state index < -0.39 is 11.6 Å². The molecule has 1 aromatic heterocycles. The number of benzene rings is 1. The Kier molecular flexibility index (Phi) is 4.28. The summed E-state index contributed by atoms with van der Waals surface area (Å²) in [6.07, 6.45) is -0.323. The summed E-state index contributed by atoms with van der Waals surface area (Å²) in [7, 11) is 0. The van der Waals surface area contributed by atoms with Crippen LogP contribution in [-0.2, 0) is 4.74 Å². The van der Waals surface area contributed by atoms with E-state index in [1.165, 1.54) is 12.1 Å². The maximum absolute atomic E-state index is 12.1. The van der Waals surface area contributed by atoms with Gasteiger partial charge in [0.05, 0.1) is 5.56 Å². The number of hydrogen-bond acceptors (Lipinski definition) is 6. The third kappa shape index (κ3) is 3.84. The summed E-state index contributed by atoms with van der Waals surface area (Å²) >= 11 is 0. The number of carbonyl (C=O) groups is 2. The first-order valence-electron chi connectivity index (χ1n) is 8.10. The van der Waals surface area contributed by atoms with Crippen LogP contribution in [0.3, 0.4) is 0 Å². The van der Waals surface area contributed by atoms with Crippen LogP contribution in [0.5, 0.6) is 0 Å². The van der Waals surface area contributed by atoms with Gasteiger partial charge in [-0.1, -0.05) is 0 Å². The van der Waals surface area contributed by atoms with E-state index in [1.807, 2.05) is 25.7 Å². The van der Waals surface area contributed by atoms with Gasteiger partial charge < -0.3 is 24.1 Å². The summed E-state index contributed by atoms with van der Waals surface area (Å²) in [5.41, 5.74) is 0.692. The predicted octanol–water partition coefficient (Wildman–Crippen LogP) is 2.58. The van der Waals surface area contributed by atoms with Crippen molar-refractivity contribution in [2.75, 3.05) is 31.1 Å². The lowest BCUT2D eigenvalue weighted by Gasteiger charge is -2.34. The zero-order chi connectivity index (χ0) is 18.2. The van der Waals surface area contributed by atoms with Crippen molar-refractivity contribution in [3.63, 3.8) is 0 Å². The summed E-state index contributed by atoms with van der Waals surface area (Å²) < 4.78 is 11.1. The van der Waals surface area contributed by atoms with Gasteiger partial charge in [0.2, 0.25) is 0 Å². The molecule has 1 saturated heterocycles. The number of nitrogens with zero attached hydrogens (tertiary/aromatic N) is 3. The maximum atomic E-state index is 12.1. The van der Waals surface area contributed by atoms with E-state index in [1.54, 1.807) is 11.0 Å². The molecule has 8 nitrogen and oxygen atoms in total. The average molecular weight is 347 g/mol. The molecular weight excluding hydrogens is 326 g/mol. The van der Waals surface area contributed by atoms with E-state index in [-0.39, 0.29) is 11.7 Å². The fraction of sp³-hybridized carbons (Fsp3) is 0.471. The van der Waals surface area contributed by atoms with Crippen LogP contribution in [0, 0.1) is 0 Å². The number of hydrogen-bond donors (Lipinski definition) is 1. The zero-order valence-corrected chi connectivity index (χ0v) is 14.5. The van der Waals surface area contributed by atoms with Gasteiger partial charge in [-0.25, -0.2) is 9.59 Å². The largest absolute Gasteiger partial charge is 0.478 e. The van der Waals surface area contributed by atoms with Crippen molar-refractivity contribution < 1.29 is 23.8 Å². The van der Waals surface area contributed by atoms with E-state index in [4.69, 9.17) is 14.3 Å².